The Morgan fingerprint density at radius 2 is 1.97 bits per heavy atom. The van der Waals surface area contributed by atoms with Crippen molar-refractivity contribution in [2.45, 2.75) is 32.1 Å². The number of nitrogens with zero attached hydrogens (tertiary/aromatic N) is 5. The Bertz CT molecular complexity index is 1450. The Labute approximate surface area is 204 Å². The van der Waals surface area contributed by atoms with Gasteiger partial charge in [0.2, 0.25) is 5.88 Å². The molecule has 1 aliphatic heterocycles. The van der Waals surface area contributed by atoms with E-state index >= 15 is 4.39 Å². The second-order valence-corrected chi connectivity index (χ2v) is 8.29. The predicted molar refractivity (Wildman–Crippen MR) is 122 cm³/mol. The first-order chi connectivity index (χ1) is 17.5. The molecule has 0 N–H and O–H groups in total. The highest BCUT2D eigenvalue weighted by atomic mass is 19.1. The predicted octanol–water partition coefficient (Wildman–Crippen LogP) is 4.59. The maximum absolute atomic E-state index is 15.0. The van der Waals surface area contributed by atoms with Crippen LogP contribution in [0.25, 0.3) is 11.3 Å². The fourth-order valence-corrected chi connectivity index (χ4v) is 3.83. The van der Waals surface area contributed by atoms with Crippen LogP contribution in [0.1, 0.15) is 29.1 Å². The molecule has 0 unspecified atom stereocenters. The van der Waals surface area contributed by atoms with Crippen LogP contribution in [0, 0.1) is 28.8 Å². The molecule has 10 heteroatoms. The molecule has 0 radical (unpaired) electrons. The average molecular weight is 491 g/mol. The lowest BCUT2D eigenvalue weighted by molar-refractivity contribution is -0.0595. The van der Waals surface area contributed by atoms with Gasteiger partial charge in [0.05, 0.1) is 23.9 Å². The zero-order chi connectivity index (χ0) is 25.1. The van der Waals surface area contributed by atoms with Gasteiger partial charge in [0.15, 0.2) is 0 Å². The highest BCUT2D eigenvalue weighted by molar-refractivity contribution is 5.61. The van der Waals surface area contributed by atoms with Crippen LogP contribution < -0.4 is 4.74 Å². The number of aromatic nitrogens is 4. The molecule has 0 spiro atoms. The SMILES string of the molecule is N#Cc1cnc(COc2cccc(-c3cc(F)c(Cc4nccn4C[C@@H]4CCO4)cc3F)n2)c(F)c1. The molecule has 4 heterocycles. The third-order valence-corrected chi connectivity index (χ3v) is 5.88. The van der Waals surface area contributed by atoms with E-state index in [1.54, 1.807) is 24.5 Å². The number of ether oxygens (including phenoxy) is 2. The number of benzene rings is 1. The van der Waals surface area contributed by atoms with E-state index in [9.17, 15) is 8.78 Å². The maximum Gasteiger partial charge on any atom is 0.214 e. The first-order valence-corrected chi connectivity index (χ1v) is 11.2. The van der Waals surface area contributed by atoms with E-state index in [1.807, 2.05) is 4.57 Å². The Morgan fingerprint density at radius 3 is 2.72 bits per heavy atom. The molecule has 5 rings (SSSR count). The third kappa shape index (κ3) is 5.06. The molecular weight excluding hydrogens is 471 g/mol. The number of pyridine rings is 2. The lowest BCUT2D eigenvalue weighted by atomic mass is 10.0. The molecular formula is C26H20F3N5O2. The molecule has 1 saturated heterocycles. The van der Waals surface area contributed by atoms with Crippen LogP contribution >= 0.6 is 0 Å². The first-order valence-electron chi connectivity index (χ1n) is 11.2. The van der Waals surface area contributed by atoms with Crippen molar-refractivity contribution >= 4 is 0 Å². The topological polar surface area (TPSA) is 85.8 Å². The monoisotopic (exact) mass is 491 g/mol. The van der Waals surface area contributed by atoms with Gasteiger partial charge in [-0.25, -0.2) is 23.1 Å². The summed E-state index contributed by atoms with van der Waals surface area (Å²) in [6.07, 6.45) is 5.87. The number of hydrogen-bond donors (Lipinski definition) is 0. The van der Waals surface area contributed by atoms with Crippen LogP contribution in [-0.4, -0.2) is 32.2 Å². The summed E-state index contributed by atoms with van der Waals surface area (Å²) in [6, 6.07) is 9.72. The summed E-state index contributed by atoms with van der Waals surface area (Å²) in [6.45, 7) is 1.11. The van der Waals surface area contributed by atoms with Gasteiger partial charge in [-0.15, -0.1) is 0 Å². The summed E-state index contributed by atoms with van der Waals surface area (Å²) in [4.78, 5) is 12.4. The first kappa shape index (κ1) is 23.5. The van der Waals surface area contributed by atoms with Crippen LogP contribution in [0.5, 0.6) is 5.88 Å². The lowest BCUT2D eigenvalue weighted by Crippen LogP contribution is -2.31. The van der Waals surface area contributed by atoms with E-state index in [-0.39, 0.29) is 53.1 Å². The van der Waals surface area contributed by atoms with E-state index in [1.165, 1.54) is 18.3 Å². The van der Waals surface area contributed by atoms with Gasteiger partial charge in [-0.1, -0.05) is 6.07 Å². The second-order valence-electron chi connectivity index (χ2n) is 8.29. The highest BCUT2D eigenvalue weighted by Crippen LogP contribution is 2.27. The zero-order valence-corrected chi connectivity index (χ0v) is 19.0. The molecule has 0 bridgehead atoms. The number of rotatable bonds is 8. The molecule has 3 aromatic heterocycles. The highest BCUT2D eigenvalue weighted by Gasteiger charge is 2.21. The quantitative estimate of drug-likeness (QED) is 0.359. The minimum atomic E-state index is -0.685. The van der Waals surface area contributed by atoms with Crippen molar-refractivity contribution in [3.63, 3.8) is 0 Å². The van der Waals surface area contributed by atoms with Crippen molar-refractivity contribution in [3.05, 3.63) is 95.1 Å². The Morgan fingerprint density at radius 1 is 1.11 bits per heavy atom. The van der Waals surface area contributed by atoms with Gasteiger partial charge in [0, 0.05) is 43.2 Å². The van der Waals surface area contributed by atoms with Gasteiger partial charge in [0.1, 0.15) is 41.6 Å². The van der Waals surface area contributed by atoms with Gasteiger partial charge in [0.25, 0.3) is 0 Å². The minimum absolute atomic E-state index is 0.00925. The van der Waals surface area contributed by atoms with Gasteiger partial charge in [-0.3, -0.25) is 4.98 Å². The smallest absolute Gasteiger partial charge is 0.214 e. The maximum atomic E-state index is 15.0. The van der Waals surface area contributed by atoms with Crippen LogP contribution in [0.4, 0.5) is 13.2 Å². The van der Waals surface area contributed by atoms with E-state index in [0.29, 0.717) is 12.4 Å². The second kappa shape index (κ2) is 10.2. The number of imidazole rings is 1. The number of nitriles is 1. The zero-order valence-electron chi connectivity index (χ0n) is 19.0. The standard InChI is InChI=1S/C26H20F3N5O2/c27-20-11-19(21(28)9-17(20)10-25-31-5-6-34(25)14-18-4-7-35-18)23-2-1-3-26(33-23)36-15-24-22(29)8-16(12-30)13-32-24/h1-3,5-6,8-9,11,13,18H,4,7,10,14-15H2/t18-/m0/s1. The molecule has 7 nitrogen and oxygen atoms in total. The number of halogens is 3. The lowest BCUT2D eigenvalue weighted by Gasteiger charge is -2.27. The van der Waals surface area contributed by atoms with E-state index in [4.69, 9.17) is 14.7 Å². The molecule has 36 heavy (non-hydrogen) atoms. The van der Waals surface area contributed by atoms with E-state index in [2.05, 4.69) is 15.0 Å². The fourth-order valence-electron chi connectivity index (χ4n) is 3.83. The van der Waals surface area contributed by atoms with Crippen molar-refractivity contribution in [3.8, 4) is 23.2 Å². The van der Waals surface area contributed by atoms with Crippen LogP contribution in [0.15, 0.2) is 55.0 Å². The van der Waals surface area contributed by atoms with Crippen molar-refractivity contribution in [2.24, 2.45) is 0 Å². The molecule has 0 aliphatic carbocycles. The molecule has 1 atom stereocenters. The average Bonchev–Trinajstić information content (AvgIpc) is 3.29. The van der Waals surface area contributed by atoms with Gasteiger partial charge in [-0.05, 0) is 36.2 Å². The van der Waals surface area contributed by atoms with Crippen LogP contribution in [-0.2, 0) is 24.3 Å². The van der Waals surface area contributed by atoms with Crippen molar-refractivity contribution in [2.75, 3.05) is 6.61 Å². The van der Waals surface area contributed by atoms with Crippen LogP contribution in [0.2, 0.25) is 0 Å². The fraction of sp³-hybridized carbons (Fsp3) is 0.231. The van der Waals surface area contributed by atoms with Crippen molar-refractivity contribution in [1.29, 1.82) is 5.26 Å². The largest absolute Gasteiger partial charge is 0.471 e. The summed E-state index contributed by atoms with van der Waals surface area (Å²) in [5.74, 6) is -1.21. The van der Waals surface area contributed by atoms with E-state index < -0.39 is 17.5 Å². The minimum Gasteiger partial charge on any atom is -0.471 e. The number of hydrogen-bond acceptors (Lipinski definition) is 6. The summed E-state index contributed by atoms with van der Waals surface area (Å²) in [5, 5.41) is 8.81. The summed E-state index contributed by atoms with van der Waals surface area (Å²) < 4.78 is 56.9. The molecule has 1 aliphatic rings. The van der Waals surface area contributed by atoms with Crippen molar-refractivity contribution < 1.29 is 22.6 Å². The molecule has 182 valence electrons. The summed E-state index contributed by atoms with van der Waals surface area (Å²) in [5.41, 5.74) is 0.384. The Kier molecular flexibility index (Phi) is 6.64. The van der Waals surface area contributed by atoms with Gasteiger partial charge >= 0.3 is 0 Å². The Balaban J connectivity index is 1.32. The van der Waals surface area contributed by atoms with Crippen LogP contribution in [0.3, 0.4) is 0 Å². The van der Waals surface area contributed by atoms with Gasteiger partial charge < -0.3 is 14.0 Å². The summed E-state index contributed by atoms with van der Waals surface area (Å²) in [7, 11) is 0. The molecule has 0 amide bonds. The van der Waals surface area contributed by atoms with E-state index in [0.717, 1.165) is 31.2 Å². The van der Waals surface area contributed by atoms with Gasteiger partial charge in [-0.2, -0.15) is 5.26 Å². The Hall–Kier alpha value is -4.23. The molecule has 1 fully saturated rings. The molecule has 0 saturated carbocycles. The summed E-state index contributed by atoms with van der Waals surface area (Å²) >= 11 is 0. The van der Waals surface area contributed by atoms with Crippen molar-refractivity contribution in [1.82, 2.24) is 19.5 Å². The third-order valence-electron chi connectivity index (χ3n) is 5.88. The molecule has 1 aromatic carbocycles. The normalized spacial score (nSPS) is 14.8. The molecule has 4 aromatic rings.